The van der Waals surface area contributed by atoms with E-state index in [-0.39, 0.29) is 11.8 Å². The van der Waals surface area contributed by atoms with Crippen LogP contribution < -0.4 is 9.80 Å². The van der Waals surface area contributed by atoms with E-state index in [0.29, 0.717) is 11.4 Å². The molecule has 5 rings (SSSR count). The van der Waals surface area contributed by atoms with Crippen LogP contribution in [0.3, 0.4) is 0 Å². The maximum Gasteiger partial charge on any atom is 0.297 e. The molecule has 1 aromatic carbocycles. The fraction of sp³-hybridized carbons (Fsp3) is 0.545. The van der Waals surface area contributed by atoms with Crippen LogP contribution in [-0.2, 0) is 19.2 Å². The normalized spacial score (nSPS) is 26.4. The molecule has 0 aliphatic carbocycles. The van der Waals surface area contributed by atoms with Gasteiger partial charge in [0.2, 0.25) is 11.8 Å². The molecule has 4 aliphatic rings. The number of carbonyl (C=O) groups is 4. The van der Waals surface area contributed by atoms with E-state index in [1.54, 1.807) is 41.5 Å². The van der Waals surface area contributed by atoms with Crippen molar-refractivity contribution in [1.82, 2.24) is 9.80 Å². The first-order chi connectivity index (χ1) is 13.7. The Balaban J connectivity index is 1.96. The van der Waals surface area contributed by atoms with Crippen molar-refractivity contribution >= 4 is 35.0 Å². The Morgan fingerprint density at radius 3 is 1.27 bits per heavy atom. The minimum Gasteiger partial charge on any atom is -0.273 e. The van der Waals surface area contributed by atoms with E-state index < -0.39 is 34.2 Å². The Morgan fingerprint density at radius 1 is 0.600 bits per heavy atom. The zero-order valence-electron chi connectivity index (χ0n) is 18.6. The van der Waals surface area contributed by atoms with Gasteiger partial charge in [0, 0.05) is 0 Å². The predicted molar refractivity (Wildman–Crippen MR) is 109 cm³/mol. The van der Waals surface area contributed by atoms with E-state index in [4.69, 9.17) is 0 Å². The first-order valence-corrected chi connectivity index (χ1v) is 10.2. The van der Waals surface area contributed by atoms with Gasteiger partial charge in [0.15, 0.2) is 0 Å². The molecule has 0 unspecified atom stereocenters. The molecule has 4 aliphatic heterocycles. The molecule has 4 heterocycles. The van der Waals surface area contributed by atoms with Crippen LogP contribution in [0.25, 0.3) is 0 Å². The van der Waals surface area contributed by atoms with Crippen molar-refractivity contribution in [2.45, 2.75) is 72.4 Å². The second-order valence-electron chi connectivity index (χ2n) is 10.3. The quantitative estimate of drug-likeness (QED) is 0.612. The van der Waals surface area contributed by atoms with E-state index in [9.17, 15) is 19.2 Å². The highest BCUT2D eigenvalue weighted by Crippen LogP contribution is 2.63. The Labute approximate surface area is 175 Å². The molecular weight excluding hydrogens is 384 g/mol. The van der Waals surface area contributed by atoms with E-state index in [2.05, 4.69) is 0 Å². The minimum atomic E-state index is -1.63. The average Bonchev–Trinajstić information content (AvgIpc) is 3.05. The van der Waals surface area contributed by atoms with Crippen LogP contribution in [-0.4, -0.2) is 50.4 Å². The number of nitrogens with zero attached hydrogens (tertiary/aromatic N) is 4. The lowest BCUT2D eigenvalue weighted by atomic mass is 9.83. The Morgan fingerprint density at radius 2 is 0.933 bits per heavy atom. The van der Waals surface area contributed by atoms with Gasteiger partial charge in [-0.1, -0.05) is 0 Å². The van der Waals surface area contributed by atoms with Crippen molar-refractivity contribution < 1.29 is 19.2 Å². The lowest BCUT2D eigenvalue weighted by molar-refractivity contribution is -0.190. The zero-order chi connectivity index (χ0) is 22.3. The first-order valence-electron chi connectivity index (χ1n) is 10.2. The van der Waals surface area contributed by atoms with E-state index in [1.165, 1.54) is 19.6 Å². The number of hydrogen-bond acceptors (Lipinski definition) is 4. The fourth-order valence-corrected chi connectivity index (χ4v) is 5.48. The summed E-state index contributed by atoms with van der Waals surface area (Å²) in [6, 6.07) is 3.73. The molecule has 0 radical (unpaired) electrons. The second-order valence-corrected chi connectivity index (χ2v) is 10.3. The summed E-state index contributed by atoms with van der Waals surface area (Å²) in [5.41, 5.74) is -0.844. The largest absolute Gasteiger partial charge is 0.297 e. The second kappa shape index (κ2) is 4.71. The molecule has 4 amide bonds. The molecular formula is C22H26N4O4. The predicted octanol–water partition coefficient (Wildman–Crippen LogP) is 1.88. The third-order valence-corrected chi connectivity index (χ3v) is 7.32. The van der Waals surface area contributed by atoms with Gasteiger partial charge < -0.3 is 0 Å². The first kappa shape index (κ1) is 19.1. The van der Waals surface area contributed by atoms with Crippen molar-refractivity contribution in [1.29, 1.82) is 0 Å². The van der Waals surface area contributed by atoms with Crippen molar-refractivity contribution in [2.24, 2.45) is 5.41 Å². The number of carbonyl (C=O) groups excluding carboxylic acids is 4. The number of rotatable bonds is 0. The van der Waals surface area contributed by atoms with Crippen LogP contribution in [0.2, 0.25) is 0 Å². The summed E-state index contributed by atoms with van der Waals surface area (Å²) in [6.45, 7) is 13.7. The van der Waals surface area contributed by atoms with E-state index in [0.717, 1.165) is 11.1 Å². The third kappa shape index (κ3) is 1.55. The molecule has 30 heavy (non-hydrogen) atoms. The summed E-state index contributed by atoms with van der Waals surface area (Å²) in [5.74, 6) is -3.18. The minimum absolute atomic E-state index is 0.316. The van der Waals surface area contributed by atoms with Gasteiger partial charge >= 0.3 is 0 Å². The molecule has 3 saturated heterocycles. The van der Waals surface area contributed by atoms with Gasteiger partial charge in [-0.2, -0.15) is 0 Å². The van der Waals surface area contributed by atoms with E-state index >= 15 is 0 Å². The average molecular weight is 410 g/mol. The monoisotopic (exact) mass is 410 g/mol. The number of benzene rings is 1. The van der Waals surface area contributed by atoms with Crippen LogP contribution in [0.5, 0.6) is 0 Å². The highest BCUT2D eigenvalue weighted by Gasteiger charge is 2.84. The maximum atomic E-state index is 13.8. The van der Waals surface area contributed by atoms with Crippen LogP contribution >= 0.6 is 0 Å². The molecule has 3 fully saturated rings. The maximum absolute atomic E-state index is 13.8. The standard InChI is InChI=1S/C22H26N4O4/c1-11-9-13-14(10-12(11)2)24-18(30)21(7,8)26-16(28)19(3,4)15(27)25-20(5,6)17(29)23(13)22(24,25)26/h9-10H,1-8H3. The summed E-state index contributed by atoms with van der Waals surface area (Å²) >= 11 is 0. The van der Waals surface area contributed by atoms with Crippen LogP contribution in [0.15, 0.2) is 12.1 Å². The number of hydrogen-bond donors (Lipinski definition) is 0. The van der Waals surface area contributed by atoms with E-state index in [1.807, 2.05) is 26.0 Å². The van der Waals surface area contributed by atoms with Crippen molar-refractivity contribution in [3.8, 4) is 0 Å². The van der Waals surface area contributed by atoms with Crippen LogP contribution in [0.4, 0.5) is 11.4 Å². The van der Waals surface area contributed by atoms with Gasteiger partial charge in [0.05, 0.1) is 11.4 Å². The summed E-state index contributed by atoms with van der Waals surface area (Å²) < 4.78 is 0. The van der Waals surface area contributed by atoms with Gasteiger partial charge in [0.1, 0.15) is 16.5 Å². The smallest absolute Gasteiger partial charge is 0.273 e. The topological polar surface area (TPSA) is 81.2 Å². The molecule has 0 N–H and O–H groups in total. The lowest BCUT2D eigenvalue weighted by Gasteiger charge is -2.55. The SMILES string of the molecule is Cc1cc2c(cc1C)N1C(=O)C(C)(C)N3C(=O)C(C)(C)C(=O)N4C(C)(C)C(=O)N2C143. The molecule has 0 atom stereocenters. The molecule has 158 valence electrons. The third-order valence-electron chi connectivity index (χ3n) is 7.32. The van der Waals surface area contributed by atoms with Gasteiger partial charge in [-0.05, 0) is 78.6 Å². The number of fused-ring (bicyclic) bond motifs is 3. The summed E-state index contributed by atoms with van der Waals surface area (Å²) in [7, 11) is 0. The van der Waals surface area contributed by atoms with Gasteiger partial charge in [-0.15, -0.1) is 0 Å². The Hall–Kier alpha value is -2.90. The number of aryl methyl sites for hydroxylation is 2. The Bertz CT molecular complexity index is 1030. The van der Waals surface area contributed by atoms with Gasteiger partial charge in [0.25, 0.3) is 17.7 Å². The highest BCUT2D eigenvalue weighted by atomic mass is 16.2. The van der Waals surface area contributed by atoms with Gasteiger partial charge in [-0.25, -0.2) is 9.80 Å². The zero-order valence-corrected chi connectivity index (χ0v) is 18.6. The fourth-order valence-electron chi connectivity index (χ4n) is 5.48. The molecule has 1 spiro atoms. The molecule has 8 heteroatoms. The molecule has 0 saturated carbocycles. The summed E-state index contributed by atoms with van der Waals surface area (Å²) in [5, 5.41) is 0. The van der Waals surface area contributed by atoms with Crippen molar-refractivity contribution in [3.05, 3.63) is 23.3 Å². The number of amides is 4. The van der Waals surface area contributed by atoms with Crippen molar-refractivity contribution in [2.75, 3.05) is 9.80 Å². The summed E-state index contributed by atoms with van der Waals surface area (Å²) in [4.78, 5) is 60.9. The molecule has 1 aromatic rings. The van der Waals surface area contributed by atoms with Crippen molar-refractivity contribution in [3.63, 3.8) is 0 Å². The van der Waals surface area contributed by atoms with Gasteiger partial charge in [-0.3, -0.25) is 29.0 Å². The Kier molecular flexibility index (Phi) is 3.00. The molecule has 8 nitrogen and oxygen atoms in total. The van der Waals surface area contributed by atoms with Crippen LogP contribution in [0, 0.1) is 19.3 Å². The number of anilines is 2. The summed E-state index contributed by atoms with van der Waals surface area (Å²) in [6.07, 6.45) is 0. The highest BCUT2D eigenvalue weighted by molar-refractivity contribution is 6.25. The molecule has 0 aromatic heterocycles. The van der Waals surface area contributed by atoms with Crippen LogP contribution in [0.1, 0.15) is 52.7 Å². The lowest BCUT2D eigenvalue weighted by Crippen LogP contribution is -2.79. The molecule has 0 bridgehead atoms.